The Balaban J connectivity index is 3.00. The molecule has 0 bridgehead atoms. The van der Waals surface area contributed by atoms with Crippen LogP contribution in [0.1, 0.15) is 25.8 Å². The van der Waals surface area contributed by atoms with Gasteiger partial charge in [0.15, 0.2) is 0 Å². The minimum absolute atomic E-state index is 0.0887. The summed E-state index contributed by atoms with van der Waals surface area (Å²) in [5.41, 5.74) is 5.58. The van der Waals surface area contributed by atoms with Crippen molar-refractivity contribution in [3.05, 3.63) is 23.8 Å². The van der Waals surface area contributed by atoms with Crippen molar-refractivity contribution >= 4 is 11.4 Å². The molecular weight excluding hydrogens is 217 g/mol. The van der Waals surface area contributed by atoms with E-state index in [4.69, 9.17) is 5.73 Å². The molecule has 0 aliphatic carbocycles. The maximum absolute atomic E-state index is 12.5. The van der Waals surface area contributed by atoms with Gasteiger partial charge in [0, 0.05) is 6.04 Å². The summed E-state index contributed by atoms with van der Waals surface area (Å²) in [5.74, 6) is 0. The van der Waals surface area contributed by atoms with Crippen molar-refractivity contribution < 1.29 is 13.2 Å². The molecule has 1 rings (SSSR count). The van der Waals surface area contributed by atoms with Gasteiger partial charge in [-0.1, -0.05) is 6.92 Å². The van der Waals surface area contributed by atoms with Crippen LogP contribution in [0.25, 0.3) is 0 Å². The number of benzene rings is 1. The molecule has 1 atom stereocenters. The van der Waals surface area contributed by atoms with Crippen molar-refractivity contribution in [3.8, 4) is 0 Å². The van der Waals surface area contributed by atoms with Crippen LogP contribution in [0.4, 0.5) is 24.5 Å². The highest BCUT2D eigenvalue weighted by molar-refractivity contribution is 5.67. The van der Waals surface area contributed by atoms with Gasteiger partial charge in [-0.3, -0.25) is 0 Å². The van der Waals surface area contributed by atoms with Crippen LogP contribution >= 0.6 is 0 Å². The molecule has 0 spiro atoms. The van der Waals surface area contributed by atoms with Crippen LogP contribution in [0.3, 0.4) is 0 Å². The lowest BCUT2D eigenvalue weighted by molar-refractivity contribution is -0.137. The molecule has 0 saturated carbocycles. The van der Waals surface area contributed by atoms with Crippen molar-refractivity contribution in [1.82, 2.24) is 0 Å². The number of alkyl halides is 3. The number of hydrogen-bond acceptors (Lipinski definition) is 2. The van der Waals surface area contributed by atoms with Gasteiger partial charge < -0.3 is 11.1 Å². The van der Waals surface area contributed by atoms with Crippen LogP contribution in [0, 0.1) is 0 Å². The lowest BCUT2D eigenvalue weighted by Gasteiger charge is -2.16. The maximum atomic E-state index is 12.5. The van der Waals surface area contributed by atoms with Crippen molar-refractivity contribution in [1.29, 1.82) is 0 Å². The Hall–Kier alpha value is -1.39. The fraction of sp³-hybridized carbons (Fsp3) is 0.455. The highest BCUT2D eigenvalue weighted by Gasteiger charge is 2.30. The van der Waals surface area contributed by atoms with E-state index >= 15 is 0 Å². The molecule has 0 amide bonds. The molecule has 0 aliphatic rings. The molecule has 3 N–H and O–H groups in total. The predicted octanol–water partition coefficient (Wildman–Crippen LogP) is 3.50. The zero-order chi connectivity index (χ0) is 12.3. The predicted molar refractivity (Wildman–Crippen MR) is 59.2 cm³/mol. The summed E-state index contributed by atoms with van der Waals surface area (Å²) in [7, 11) is 0. The quantitative estimate of drug-likeness (QED) is 0.783. The van der Waals surface area contributed by atoms with Gasteiger partial charge in [-0.25, -0.2) is 0 Å². The van der Waals surface area contributed by atoms with E-state index < -0.39 is 11.7 Å². The largest absolute Gasteiger partial charge is 0.416 e. The van der Waals surface area contributed by atoms with E-state index in [2.05, 4.69) is 5.32 Å². The maximum Gasteiger partial charge on any atom is 0.416 e. The van der Waals surface area contributed by atoms with Crippen LogP contribution in [0.2, 0.25) is 0 Å². The van der Waals surface area contributed by atoms with Crippen molar-refractivity contribution in [2.75, 3.05) is 11.1 Å². The molecule has 90 valence electrons. The number of halogens is 3. The van der Waals surface area contributed by atoms with Gasteiger partial charge in [-0.2, -0.15) is 13.2 Å². The van der Waals surface area contributed by atoms with E-state index in [1.165, 1.54) is 6.07 Å². The average molecular weight is 232 g/mol. The number of hydrogen-bond donors (Lipinski definition) is 2. The Morgan fingerprint density at radius 2 is 2.00 bits per heavy atom. The molecule has 0 aromatic heterocycles. The Morgan fingerprint density at radius 3 is 2.50 bits per heavy atom. The van der Waals surface area contributed by atoms with Gasteiger partial charge >= 0.3 is 6.18 Å². The van der Waals surface area contributed by atoms with E-state index in [1.807, 2.05) is 13.8 Å². The number of rotatable bonds is 3. The van der Waals surface area contributed by atoms with Gasteiger partial charge in [0.2, 0.25) is 0 Å². The Labute approximate surface area is 92.6 Å². The minimum Gasteiger partial charge on any atom is -0.397 e. The summed E-state index contributed by atoms with van der Waals surface area (Å²) in [4.78, 5) is 0. The van der Waals surface area contributed by atoms with Crippen molar-refractivity contribution in [2.24, 2.45) is 0 Å². The first-order valence-corrected chi connectivity index (χ1v) is 5.08. The number of nitrogens with two attached hydrogens (primary N) is 1. The lowest BCUT2D eigenvalue weighted by Crippen LogP contribution is -2.15. The summed E-state index contributed by atoms with van der Waals surface area (Å²) in [6, 6.07) is 3.39. The van der Waals surface area contributed by atoms with Gasteiger partial charge in [-0.15, -0.1) is 0 Å². The summed E-state index contributed by atoms with van der Waals surface area (Å²) in [5, 5.41) is 2.95. The molecule has 0 fully saturated rings. The first-order chi connectivity index (χ1) is 7.34. The van der Waals surface area contributed by atoms with E-state index in [0.717, 1.165) is 18.6 Å². The highest BCUT2D eigenvalue weighted by Crippen LogP contribution is 2.33. The lowest BCUT2D eigenvalue weighted by atomic mass is 10.1. The monoisotopic (exact) mass is 232 g/mol. The van der Waals surface area contributed by atoms with E-state index in [9.17, 15) is 13.2 Å². The molecule has 0 radical (unpaired) electrons. The second-order valence-corrected chi connectivity index (χ2v) is 3.75. The average Bonchev–Trinajstić information content (AvgIpc) is 2.19. The summed E-state index contributed by atoms with van der Waals surface area (Å²) >= 11 is 0. The van der Waals surface area contributed by atoms with Crippen molar-refractivity contribution in [2.45, 2.75) is 32.5 Å². The number of nitrogens with one attached hydrogen (secondary N) is 1. The highest BCUT2D eigenvalue weighted by atomic mass is 19.4. The number of nitrogen functional groups attached to an aromatic ring is 1. The van der Waals surface area contributed by atoms with Crippen LogP contribution in [0.5, 0.6) is 0 Å². The third kappa shape index (κ3) is 3.05. The molecule has 1 aromatic rings. The molecule has 1 aromatic carbocycles. The van der Waals surface area contributed by atoms with E-state index in [1.54, 1.807) is 0 Å². The molecule has 0 saturated heterocycles. The van der Waals surface area contributed by atoms with Gasteiger partial charge in [0.1, 0.15) is 0 Å². The van der Waals surface area contributed by atoms with E-state index in [-0.39, 0.29) is 6.04 Å². The zero-order valence-electron chi connectivity index (χ0n) is 9.23. The van der Waals surface area contributed by atoms with Gasteiger partial charge in [0.05, 0.1) is 16.9 Å². The SMILES string of the molecule is CCC(C)Nc1cc(C(F)(F)F)ccc1N. The second kappa shape index (κ2) is 4.63. The molecule has 5 heteroatoms. The Kier molecular flexibility index (Phi) is 3.67. The normalized spacial score (nSPS) is 13.6. The first-order valence-electron chi connectivity index (χ1n) is 5.08. The molecule has 0 heterocycles. The Bertz CT molecular complexity index is 361. The van der Waals surface area contributed by atoms with Gasteiger partial charge in [-0.05, 0) is 31.5 Å². The molecule has 0 aliphatic heterocycles. The topological polar surface area (TPSA) is 38.0 Å². The summed E-state index contributed by atoms with van der Waals surface area (Å²) in [6.45, 7) is 3.83. The third-order valence-corrected chi connectivity index (χ3v) is 2.39. The fourth-order valence-corrected chi connectivity index (χ4v) is 1.23. The standard InChI is InChI=1S/C11H15F3N2/c1-3-7(2)16-10-6-8(11(12,13)14)4-5-9(10)15/h4-7,16H,3,15H2,1-2H3. The van der Waals surface area contributed by atoms with Crippen LogP contribution in [-0.2, 0) is 6.18 Å². The molecule has 16 heavy (non-hydrogen) atoms. The smallest absolute Gasteiger partial charge is 0.397 e. The molecular formula is C11H15F3N2. The van der Waals surface area contributed by atoms with Crippen LogP contribution in [-0.4, -0.2) is 6.04 Å². The fourth-order valence-electron chi connectivity index (χ4n) is 1.23. The first kappa shape index (κ1) is 12.7. The van der Waals surface area contributed by atoms with Gasteiger partial charge in [0.25, 0.3) is 0 Å². The summed E-state index contributed by atoms with van der Waals surface area (Å²) < 4.78 is 37.4. The molecule has 2 nitrogen and oxygen atoms in total. The Morgan fingerprint density at radius 1 is 1.38 bits per heavy atom. The van der Waals surface area contributed by atoms with Crippen LogP contribution < -0.4 is 11.1 Å². The van der Waals surface area contributed by atoms with Crippen LogP contribution in [0.15, 0.2) is 18.2 Å². The summed E-state index contributed by atoms with van der Waals surface area (Å²) in [6.07, 6.45) is -3.52. The van der Waals surface area contributed by atoms with E-state index in [0.29, 0.717) is 11.4 Å². The molecule has 1 unspecified atom stereocenters. The zero-order valence-corrected chi connectivity index (χ0v) is 9.23. The van der Waals surface area contributed by atoms with Crippen molar-refractivity contribution in [3.63, 3.8) is 0 Å². The second-order valence-electron chi connectivity index (χ2n) is 3.75. The minimum atomic E-state index is -4.33. The number of anilines is 2. The third-order valence-electron chi connectivity index (χ3n) is 2.39.